The zero-order valence-corrected chi connectivity index (χ0v) is 23.6. The van der Waals surface area contributed by atoms with Gasteiger partial charge >= 0.3 is 12.0 Å². The number of carbonyl (C=O) groups excluding carboxylic acids is 2. The molecule has 10 nitrogen and oxygen atoms in total. The summed E-state index contributed by atoms with van der Waals surface area (Å²) in [6.07, 6.45) is 0.365. The summed E-state index contributed by atoms with van der Waals surface area (Å²) in [6.45, 7) is 7.13. The number of urea groups is 1. The highest BCUT2D eigenvalue weighted by Gasteiger charge is 2.26. The van der Waals surface area contributed by atoms with Gasteiger partial charge in [0.2, 0.25) is 0 Å². The molecule has 6 rings (SSSR count). The normalized spacial score (nSPS) is 15.9. The number of carboxylic acid groups (broad SMARTS) is 1. The molecule has 3 amide bonds. The van der Waals surface area contributed by atoms with E-state index in [1.54, 1.807) is 4.68 Å². The van der Waals surface area contributed by atoms with Gasteiger partial charge in [0.05, 0.1) is 11.4 Å². The summed E-state index contributed by atoms with van der Waals surface area (Å²) in [7, 11) is 0. The van der Waals surface area contributed by atoms with E-state index in [1.807, 2.05) is 66.7 Å². The molecule has 3 aromatic carbocycles. The molecule has 0 fully saturated rings. The van der Waals surface area contributed by atoms with Gasteiger partial charge in [0, 0.05) is 35.8 Å². The molecule has 10 heteroatoms. The summed E-state index contributed by atoms with van der Waals surface area (Å²) < 4.78 is 1.69. The van der Waals surface area contributed by atoms with Gasteiger partial charge in [-0.15, -0.1) is 0 Å². The first-order valence-electron chi connectivity index (χ1n) is 13.8. The van der Waals surface area contributed by atoms with Crippen molar-refractivity contribution in [2.75, 3.05) is 10.6 Å². The molecule has 0 aliphatic carbocycles. The van der Waals surface area contributed by atoms with Crippen LogP contribution in [0.3, 0.4) is 0 Å². The number of rotatable bonds is 5. The van der Waals surface area contributed by atoms with Crippen molar-refractivity contribution in [1.82, 2.24) is 20.4 Å². The standard InChI is InChI=1S/C32H32N6O4/c1-32(2,3)27-15-28(38(37-27)22-12-9-19-16-33-26(30(40)41)14-20(19)13-22)36-31(42)35-21-10-7-18(8-11-21)23-5-4-6-24-25(23)17-34-29(24)39/h4-13,15,26,33H,14,16-17H2,1-3H3,(H,34,39)(H,40,41)(H2,35,36,42). The molecule has 2 aliphatic rings. The predicted molar refractivity (Wildman–Crippen MR) is 160 cm³/mol. The van der Waals surface area contributed by atoms with Gasteiger partial charge in [-0.1, -0.05) is 51.1 Å². The summed E-state index contributed by atoms with van der Waals surface area (Å²) in [4.78, 5) is 36.7. The van der Waals surface area contributed by atoms with Gasteiger partial charge in [-0.2, -0.15) is 5.10 Å². The van der Waals surface area contributed by atoms with Gasteiger partial charge in [-0.05, 0) is 64.6 Å². The molecule has 0 spiro atoms. The molecular formula is C32H32N6O4. The van der Waals surface area contributed by atoms with E-state index in [-0.39, 0.29) is 11.3 Å². The molecule has 0 saturated heterocycles. The molecule has 5 N–H and O–H groups in total. The lowest BCUT2D eigenvalue weighted by Gasteiger charge is -2.24. The van der Waals surface area contributed by atoms with Crippen molar-refractivity contribution >= 4 is 29.4 Å². The van der Waals surface area contributed by atoms with E-state index in [0.29, 0.717) is 36.6 Å². The van der Waals surface area contributed by atoms with Crippen molar-refractivity contribution in [2.45, 2.75) is 51.7 Å². The number of hydrogen-bond donors (Lipinski definition) is 5. The van der Waals surface area contributed by atoms with Gasteiger partial charge in [0.25, 0.3) is 5.91 Å². The first kappa shape index (κ1) is 27.2. The zero-order valence-electron chi connectivity index (χ0n) is 23.6. The van der Waals surface area contributed by atoms with E-state index in [2.05, 4.69) is 42.0 Å². The minimum absolute atomic E-state index is 0.0625. The third kappa shape index (κ3) is 5.24. The maximum atomic E-state index is 13.1. The van der Waals surface area contributed by atoms with Gasteiger partial charge in [-0.3, -0.25) is 14.9 Å². The lowest BCUT2D eigenvalue weighted by molar-refractivity contribution is -0.139. The Hall–Kier alpha value is -4.96. The number of aliphatic carboxylic acids is 1. The summed E-state index contributed by atoms with van der Waals surface area (Å²) in [5, 5.41) is 26.0. The Morgan fingerprint density at radius 1 is 0.952 bits per heavy atom. The highest BCUT2D eigenvalue weighted by atomic mass is 16.4. The predicted octanol–water partition coefficient (Wildman–Crippen LogP) is 4.82. The van der Waals surface area contributed by atoms with Crippen LogP contribution in [0, 0.1) is 0 Å². The van der Waals surface area contributed by atoms with Crippen LogP contribution in [0.4, 0.5) is 16.3 Å². The van der Waals surface area contributed by atoms with Crippen LogP contribution in [-0.2, 0) is 29.7 Å². The number of hydrogen-bond acceptors (Lipinski definition) is 5. The highest BCUT2D eigenvalue weighted by molar-refractivity contribution is 6.01. The molecule has 1 unspecified atom stereocenters. The quantitative estimate of drug-likeness (QED) is 0.236. The number of carbonyl (C=O) groups is 3. The third-order valence-electron chi connectivity index (χ3n) is 7.71. The Labute approximate surface area is 243 Å². The van der Waals surface area contributed by atoms with Crippen LogP contribution in [0.25, 0.3) is 16.8 Å². The minimum atomic E-state index is -0.882. The van der Waals surface area contributed by atoms with Crippen molar-refractivity contribution in [3.63, 3.8) is 0 Å². The molecule has 3 heterocycles. The number of fused-ring (bicyclic) bond motifs is 2. The second kappa shape index (κ2) is 10.5. The SMILES string of the molecule is CC(C)(C)c1cc(NC(=O)Nc2ccc(-c3cccc4c3CNC4=O)cc2)n(-c2ccc3c(c2)CC(C(=O)O)NC3)n1. The fourth-order valence-corrected chi connectivity index (χ4v) is 5.38. The number of amides is 3. The average molecular weight is 565 g/mol. The summed E-state index contributed by atoms with van der Waals surface area (Å²) in [5.74, 6) is -0.450. The van der Waals surface area contributed by atoms with Crippen LogP contribution in [0.1, 0.15) is 53.5 Å². The second-order valence-corrected chi connectivity index (χ2v) is 11.7. The number of carboxylic acids is 1. The maximum Gasteiger partial charge on any atom is 0.324 e. The molecule has 0 bridgehead atoms. The summed E-state index contributed by atoms with van der Waals surface area (Å²) >= 11 is 0. The van der Waals surface area contributed by atoms with Crippen LogP contribution in [0.2, 0.25) is 0 Å². The molecular weight excluding hydrogens is 532 g/mol. The molecule has 2 aliphatic heterocycles. The Morgan fingerprint density at radius 2 is 1.71 bits per heavy atom. The molecule has 0 saturated carbocycles. The van der Waals surface area contributed by atoms with Crippen molar-refractivity contribution < 1.29 is 19.5 Å². The van der Waals surface area contributed by atoms with Crippen LogP contribution in [0.15, 0.2) is 66.7 Å². The van der Waals surface area contributed by atoms with Crippen LogP contribution >= 0.6 is 0 Å². The molecule has 1 aromatic heterocycles. The summed E-state index contributed by atoms with van der Waals surface area (Å²) in [6, 6.07) is 19.8. The van der Waals surface area contributed by atoms with E-state index < -0.39 is 18.0 Å². The molecule has 4 aromatic rings. The Morgan fingerprint density at radius 3 is 2.45 bits per heavy atom. The van der Waals surface area contributed by atoms with Crippen LogP contribution < -0.4 is 21.3 Å². The molecule has 0 radical (unpaired) electrons. The Balaban J connectivity index is 1.23. The van der Waals surface area contributed by atoms with E-state index in [0.717, 1.165) is 39.2 Å². The first-order chi connectivity index (χ1) is 20.1. The lowest BCUT2D eigenvalue weighted by atomic mass is 9.92. The Kier molecular flexibility index (Phi) is 6.78. The van der Waals surface area contributed by atoms with Gasteiger partial charge in [0.15, 0.2) is 0 Å². The number of anilines is 2. The zero-order chi connectivity index (χ0) is 29.6. The van der Waals surface area contributed by atoms with Gasteiger partial charge < -0.3 is 21.1 Å². The maximum absolute atomic E-state index is 13.1. The van der Waals surface area contributed by atoms with Crippen molar-refractivity contribution in [2.24, 2.45) is 0 Å². The average Bonchev–Trinajstić information content (AvgIpc) is 3.56. The smallest absolute Gasteiger partial charge is 0.324 e. The van der Waals surface area contributed by atoms with Gasteiger partial charge in [-0.25, -0.2) is 9.48 Å². The highest BCUT2D eigenvalue weighted by Crippen LogP contribution is 2.31. The van der Waals surface area contributed by atoms with Crippen LogP contribution in [-0.4, -0.2) is 38.8 Å². The largest absolute Gasteiger partial charge is 0.480 e. The first-order valence-corrected chi connectivity index (χ1v) is 13.8. The van der Waals surface area contributed by atoms with E-state index in [9.17, 15) is 19.5 Å². The monoisotopic (exact) mass is 564 g/mol. The lowest BCUT2D eigenvalue weighted by Crippen LogP contribution is -2.41. The Bertz CT molecular complexity index is 1720. The molecule has 42 heavy (non-hydrogen) atoms. The van der Waals surface area contributed by atoms with Gasteiger partial charge in [0.1, 0.15) is 11.9 Å². The van der Waals surface area contributed by atoms with Crippen molar-refractivity contribution in [3.05, 3.63) is 94.7 Å². The number of nitrogens with zero attached hydrogens (tertiary/aromatic N) is 2. The fourth-order valence-electron chi connectivity index (χ4n) is 5.38. The minimum Gasteiger partial charge on any atom is -0.480 e. The van der Waals surface area contributed by atoms with Crippen molar-refractivity contribution in [1.29, 1.82) is 0 Å². The molecule has 1 atom stereocenters. The van der Waals surface area contributed by atoms with Crippen LogP contribution in [0.5, 0.6) is 0 Å². The van der Waals surface area contributed by atoms with Crippen molar-refractivity contribution in [3.8, 4) is 16.8 Å². The van der Waals surface area contributed by atoms with E-state index >= 15 is 0 Å². The third-order valence-corrected chi connectivity index (χ3v) is 7.71. The number of aromatic nitrogens is 2. The molecule has 214 valence electrons. The number of benzene rings is 3. The van der Waals surface area contributed by atoms with E-state index in [1.165, 1.54) is 0 Å². The fraction of sp³-hybridized carbons (Fsp3) is 0.250. The second-order valence-electron chi connectivity index (χ2n) is 11.7. The van der Waals surface area contributed by atoms with E-state index in [4.69, 9.17) is 5.10 Å². The summed E-state index contributed by atoms with van der Waals surface area (Å²) in [5.41, 5.74) is 7.46. The number of nitrogens with one attached hydrogen (secondary N) is 4. The topological polar surface area (TPSA) is 137 Å².